The standard InChI is InChI=1S/C16H12F2IN5/c17-9-1-6-12(18)13(7-9)24-16-14(20)15(21-8-22-16)23-11-4-2-10(19)3-5-11/h1-8H,20H2,(H2,21,22,23,24). The average Bonchev–Trinajstić information content (AvgIpc) is 2.56. The van der Waals surface area contributed by atoms with Crippen molar-refractivity contribution in [2.24, 2.45) is 0 Å². The molecule has 8 heteroatoms. The van der Waals surface area contributed by atoms with Gasteiger partial charge in [-0.15, -0.1) is 0 Å². The van der Waals surface area contributed by atoms with E-state index in [1.165, 1.54) is 6.33 Å². The minimum absolute atomic E-state index is 0.0550. The van der Waals surface area contributed by atoms with Gasteiger partial charge in [-0.25, -0.2) is 18.7 Å². The molecule has 4 N–H and O–H groups in total. The smallest absolute Gasteiger partial charge is 0.159 e. The Kier molecular flexibility index (Phi) is 4.74. The van der Waals surface area contributed by atoms with Gasteiger partial charge in [0.2, 0.25) is 0 Å². The Morgan fingerprint density at radius 1 is 0.917 bits per heavy atom. The molecule has 0 fully saturated rings. The number of rotatable bonds is 4. The lowest BCUT2D eigenvalue weighted by Gasteiger charge is -2.13. The first-order valence-electron chi connectivity index (χ1n) is 6.88. The summed E-state index contributed by atoms with van der Waals surface area (Å²) in [5.41, 5.74) is 6.96. The van der Waals surface area contributed by atoms with Gasteiger partial charge in [-0.3, -0.25) is 0 Å². The number of nitrogen functional groups attached to an aromatic ring is 1. The normalized spacial score (nSPS) is 10.5. The summed E-state index contributed by atoms with van der Waals surface area (Å²) in [5.74, 6) is -0.627. The topological polar surface area (TPSA) is 75.9 Å². The van der Waals surface area contributed by atoms with Crippen LogP contribution in [0.5, 0.6) is 0 Å². The highest BCUT2D eigenvalue weighted by Crippen LogP contribution is 2.29. The number of hydrogen-bond acceptors (Lipinski definition) is 5. The van der Waals surface area contributed by atoms with Gasteiger partial charge in [-0.05, 0) is 59.0 Å². The Balaban J connectivity index is 1.88. The van der Waals surface area contributed by atoms with Crippen LogP contribution in [0.4, 0.5) is 37.5 Å². The Labute approximate surface area is 150 Å². The molecule has 3 aromatic rings. The molecular weight excluding hydrogens is 427 g/mol. The molecule has 0 bridgehead atoms. The first-order valence-corrected chi connectivity index (χ1v) is 7.96. The number of nitrogens with zero attached hydrogens (tertiary/aromatic N) is 2. The molecule has 1 heterocycles. The van der Waals surface area contributed by atoms with Gasteiger partial charge in [0.1, 0.15) is 23.6 Å². The summed E-state index contributed by atoms with van der Waals surface area (Å²) in [6.07, 6.45) is 1.28. The number of halogens is 3. The highest BCUT2D eigenvalue weighted by atomic mass is 127. The molecular formula is C16H12F2IN5. The van der Waals surface area contributed by atoms with Crippen LogP contribution in [0.25, 0.3) is 0 Å². The van der Waals surface area contributed by atoms with Crippen LogP contribution in [-0.4, -0.2) is 9.97 Å². The van der Waals surface area contributed by atoms with Crippen molar-refractivity contribution in [1.82, 2.24) is 9.97 Å². The predicted molar refractivity (Wildman–Crippen MR) is 98.5 cm³/mol. The van der Waals surface area contributed by atoms with E-state index in [4.69, 9.17) is 5.73 Å². The molecule has 0 spiro atoms. The van der Waals surface area contributed by atoms with Gasteiger partial charge in [0.25, 0.3) is 0 Å². The molecule has 0 saturated heterocycles. The molecule has 3 rings (SSSR count). The van der Waals surface area contributed by atoms with Crippen molar-refractivity contribution in [3.05, 3.63) is 64.0 Å². The average molecular weight is 439 g/mol. The lowest BCUT2D eigenvalue weighted by molar-refractivity contribution is 0.603. The van der Waals surface area contributed by atoms with Crippen molar-refractivity contribution in [1.29, 1.82) is 0 Å². The molecule has 0 amide bonds. The second-order valence-electron chi connectivity index (χ2n) is 4.87. The van der Waals surface area contributed by atoms with Gasteiger partial charge in [0.05, 0.1) is 5.69 Å². The molecule has 5 nitrogen and oxygen atoms in total. The maximum absolute atomic E-state index is 13.7. The monoisotopic (exact) mass is 439 g/mol. The Morgan fingerprint density at radius 2 is 1.58 bits per heavy atom. The summed E-state index contributed by atoms with van der Waals surface area (Å²) in [6, 6.07) is 10.7. The quantitative estimate of drug-likeness (QED) is 0.525. The van der Waals surface area contributed by atoms with E-state index in [9.17, 15) is 8.78 Å². The molecule has 24 heavy (non-hydrogen) atoms. The highest BCUT2D eigenvalue weighted by molar-refractivity contribution is 14.1. The molecule has 0 saturated carbocycles. The summed E-state index contributed by atoms with van der Waals surface area (Å²) in [7, 11) is 0. The van der Waals surface area contributed by atoms with E-state index in [0.717, 1.165) is 27.5 Å². The van der Waals surface area contributed by atoms with Gasteiger partial charge in [-0.1, -0.05) is 0 Å². The van der Waals surface area contributed by atoms with Gasteiger partial charge >= 0.3 is 0 Å². The van der Waals surface area contributed by atoms with Gasteiger partial charge in [-0.2, -0.15) is 0 Å². The van der Waals surface area contributed by atoms with Crippen LogP contribution in [0.3, 0.4) is 0 Å². The van der Waals surface area contributed by atoms with Crippen LogP contribution in [0.15, 0.2) is 48.8 Å². The van der Waals surface area contributed by atoms with Crippen molar-refractivity contribution in [3.63, 3.8) is 0 Å². The Hall–Kier alpha value is -2.49. The number of benzene rings is 2. The minimum Gasteiger partial charge on any atom is -0.393 e. The van der Waals surface area contributed by atoms with E-state index in [1.54, 1.807) is 0 Å². The lowest BCUT2D eigenvalue weighted by atomic mass is 10.3. The summed E-state index contributed by atoms with van der Waals surface area (Å²) in [5, 5.41) is 5.75. The Bertz CT molecular complexity index is 871. The molecule has 0 aliphatic carbocycles. The van der Waals surface area contributed by atoms with Crippen molar-refractivity contribution in [3.8, 4) is 0 Å². The zero-order valence-electron chi connectivity index (χ0n) is 12.2. The van der Waals surface area contributed by atoms with E-state index in [2.05, 4.69) is 43.2 Å². The fourth-order valence-electron chi connectivity index (χ4n) is 1.99. The van der Waals surface area contributed by atoms with Crippen molar-refractivity contribution < 1.29 is 8.78 Å². The fraction of sp³-hybridized carbons (Fsp3) is 0. The fourth-order valence-corrected chi connectivity index (χ4v) is 2.35. The van der Waals surface area contributed by atoms with Crippen molar-refractivity contribution in [2.45, 2.75) is 0 Å². The van der Waals surface area contributed by atoms with Crippen molar-refractivity contribution in [2.75, 3.05) is 16.4 Å². The van der Waals surface area contributed by atoms with Crippen LogP contribution >= 0.6 is 22.6 Å². The molecule has 122 valence electrons. The minimum atomic E-state index is -0.610. The summed E-state index contributed by atoms with van der Waals surface area (Å²) in [6.45, 7) is 0. The van der Waals surface area contributed by atoms with E-state index in [1.807, 2.05) is 24.3 Å². The SMILES string of the molecule is Nc1c(Nc2ccc(I)cc2)ncnc1Nc1cc(F)ccc1F. The summed E-state index contributed by atoms with van der Waals surface area (Å²) in [4.78, 5) is 8.06. The van der Waals surface area contributed by atoms with Crippen LogP contribution < -0.4 is 16.4 Å². The van der Waals surface area contributed by atoms with E-state index >= 15 is 0 Å². The number of anilines is 5. The molecule has 0 aliphatic rings. The first kappa shape index (κ1) is 16.4. The van der Waals surface area contributed by atoms with Crippen molar-refractivity contribution >= 4 is 51.3 Å². The molecule has 2 aromatic carbocycles. The van der Waals surface area contributed by atoms with Crippen LogP contribution in [0, 0.1) is 15.2 Å². The molecule has 0 unspecified atom stereocenters. The number of aromatic nitrogens is 2. The predicted octanol–water partition coefficient (Wildman–Crippen LogP) is 4.43. The molecule has 0 atom stereocenters. The maximum atomic E-state index is 13.7. The Morgan fingerprint density at radius 3 is 2.29 bits per heavy atom. The first-order chi connectivity index (χ1) is 11.5. The third kappa shape index (κ3) is 3.70. The summed E-state index contributed by atoms with van der Waals surface area (Å²) >= 11 is 2.20. The van der Waals surface area contributed by atoms with Crippen LogP contribution in [0.2, 0.25) is 0 Å². The number of nitrogens with one attached hydrogen (secondary N) is 2. The van der Waals surface area contributed by atoms with Gasteiger partial charge in [0.15, 0.2) is 11.6 Å². The number of hydrogen-bond donors (Lipinski definition) is 3. The van der Waals surface area contributed by atoms with E-state index in [-0.39, 0.29) is 17.2 Å². The third-order valence-electron chi connectivity index (χ3n) is 3.17. The van der Waals surface area contributed by atoms with E-state index in [0.29, 0.717) is 5.82 Å². The lowest BCUT2D eigenvalue weighted by Crippen LogP contribution is -2.06. The van der Waals surface area contributed by atoms with Crippen LogP contribution in [0.1, 0.15) is 0 Å². The zero-order chi connectivity index (χ0) is 17.1. The summed E-state index contributed by atoms with van der Waals surface area (Å²) < 4.78 is 28.1. The van der Waals surface area contributed by atoms with Crippen LogP contribution in [-0.2, 0) is 0 Å². The second-order valence-corrected chi connectivity index (χ2v) is 6.11. The zero-order valence-corrected chi connectivity index (χ0v) is 14.4. The molecule has 1 aromatic heterocycles. The van der Waals surface area contributed by atoms with Gasteiger partial charge in [0, 0.05) is 15.3 Å². The second kappa shape index (κ2) is 6.95. The third-order valence-corrected chi connectivity index (χ3v) is 3.89. The molecule has 0 aliphatic heterocycles. The highest BCUT2D eigenvalue weighted by Gasteiger charge is 2.11. The molecule has 0 radical (unpaired) electrons. The maximum Gasteiger partial charge on any atom is 0.159 e. The van der Waals surface area contributed by atoms with E-state index < -0.39 is 11.6 Å². The number of nitrogens with two attached hydrogens (primary N) is 1. The van der Waals surface area contributed by atoms with Gasteiger partial charge < -0.3 is 16.4 Å². The largest absolute Gasteiger partial charge is 0.393 e.